The average Bonchev–Trinajstić information content (AvgIpc) is 2.97. The van der Waals surface area contributed by atoms with E-state index in [1.54, 1.807) is 27.8 Å². The van der Waals surface area contributed by atoms with Crippen molar-refractivity contribution in [3.8, 4) is 0 Å². The second-order valence-corrected chi connectivity index (χ2v) is 9.37. The molecule has 0 bridgehead atoms. The zero-order chi connectivity index (χ0) is 23.6. The van der Waals surface area contributed by atoms with Crippen LogP contribution in [0.5, 0.6) is 0 Å². The Morgan fingerprint density at radius 1 is 1.26 bits per heavy atom. The average molecular weight is 459 g/mol. The number of fused-ring (bicyclic) bond motifs is 1. The van der Waals surface area contributed by atoms with Gasteiger partial charge in [-0.05, 0) is 32.9 Å². The molecule has 1 heterocycles. The number of hydrogen-bond donors (Lipinski definition) is 0. The van der Waals surface area contributed by atoms with E-state index in [0.29, 0.717) is 5.52 Å². The molecule has 0 N–H and O–H groups in total. The van der Waals surface area contributed by atoms with Crippen LogP contribution in [0.4, 0.5) is 14.9 Å². The number of alkyl halides is 1. The van der Waals surface area contributed by atoms with Gasteiger partial charge in [0.25, 0.3) is 10.1 Å². The van der Waals surface area contributed by atoms with Crippen molar-refractivity contribution in [2.24, 2.45) is 7.05 Å². The zero-order valence-corrected chi connectivity index (χ0v) is 19.1. The number of ether oxygens (including phenoxy) is 2. The van der Waals surface area contributed by atoms with Crippen LogP contribution in [0.25, 0.3) is 11.0 Å². The van der Waals surface area contributed by atoms with Crippen molar-refractivity contribution in [2.45, 2.75) is 33.0 Å². The molecule has 0 aliphatic heterocycles. The van der Waals surface area contributed by atoms with Gasteiger partial charge in [-0.3, -0.25) is 9.08 Å². The number of esters is 1. The smallest absolute Gasteiger partial charge is 0.414 e. The van der Waals surface area contributed by atoms with Gasteiger partial charge in [0, 0.05) is 7.05 Å². The molecule has 0 atom stereocenters. The Morgan fingerprint density at radius 3 is 2.42 bits per heavy atom. The molecule has 0 fully saturated rings. The molecule has 0 radical (unpaired) electrons. The predicted octanol–water partition coefficient (Wildman–Crippen LogP) is 2.55. The topological polar surface area (TPSA) is 117 Å². The van der Waals surface area contributed by atoms with E-state index in [2.05, 4.69) is 4.98 Å². The summed E-state index contributed by atoms with van der Waals surface area (Å²) in [6, 6.07) is 2.83. The molecule has 2 aromatic rings. The van der Waals surface area contributed by atoms with Crippen LogP contribution < -0.4 is 4.90 Å². The van der Waals surface area contributed by atoms with Gasteiger partial charge in [0.05, 0.1) is 36.7 Å². The normalized spacial score (nSPS) is 12.1. The number of imidazole rings is 1. The molecule has 0 saturated carbocycles. The Labute approximate surface area is 180 Å². The van der Waals surface area contributed by atoms with Gasteiger partial charge in [0.1, 0.15) is 30.2 Å². The van der Waals surface area contributed by atoms with Gasteiger partial charge >= 0.3 is 12.1 Å². The number of rotatable bonds is 7. The minimum Gasteiger partial charge on any atom is -0.465 e. The first-order valence-corrected chi connectivity index (χ1v) is 11.1. The first-order valence-electron chi connectivity index (χ1n) is 9.26. The molecule has 1 aromatic heterocycles. The summed E-state index contributed by atoms with van der Waals surface area (Å²) in [5.74, 6) is -0.462. The highest BCUT2D eigenvalue weighted by Gasteiger charge is 2.28. The van der Waals surface area contributed by atoms with E-state index in [-0.39, 0.29) is 35.7 Å². The van der Waals surface area contributed by atoms with Crippen LogP contribution in [0.3, 0.4) is 0 Å². The number of amides is 1. The van der Waals surface area contributed by atoms with E-state index < -0.39 is 34.5 Å². The number of carbonyl (C=O) groups excluding carboxylic acids is 2. The molecular weight excluding hydrogens is 433 g/mol. The van der Waals surface area contributed by atoms with Gasteiger partial charge in [-0.15, -0.1) is 0 Å². The zero-order valence-electron chi connectivity index (χ0n) is 18.3. The molecule has 0 saturated heterocycles. The molecule has 31 heavy (non-hydrogen) atoms. The molecule has 0 unspecified atom stereocenters. The number of aryl methyl sites for hydroxylation is 1. The van der Waals surface area contributed by atoms with Gasteiger partial charge in [0.15, 0.2) is 0 Å². The molecule has 0 spiro atoms. The first-order chi connectivity index (χ1) is 14.3. The predicted molar refractivity (Wildman–Crippen MR) is 111 cm³/mol. The maximum absolute atomic E-state index is 13.3. The Kier molecular flexibility index (Phi) is 7.27. The Balaban J connectivity index is 2.70. The number of aromatic nitrogens is 2. The van der Waals surface area contributed by atoms with Crippen molar-refractivity contribution in [3.63, 3.8) is 0 Å². The molecule has 1 aromatic carbocycles. The van der Waals surface area contributed by atoms with E-state index in [9.17, 15) is 22.4 Å². The van der Waals surface area contributed by atoms with E-state index in [4.69, 9.17) is 13.7 Å². The van der Waals surface area contributed by atoms with Gasteiger partial charge in [-0.1, -0.05) is 0 Å². The summed E-state index contributed by atoms with van der Waals surface area (Å²) in [7, 11) is -0.939. The monoisotopic (exact) mass is 459 g/mol. The molecule has 1 amide bonds. The number of anilines is 1. The van der Waals surface area contributed by atoms with Crippen LogP contribution in [-0.4, -0.2) is 62.2 Å². The minimum absolute atomic E-state index is 0.0935. The number of halogens is 1. The summed E-state index contributed by atoms with van der Waals surface area (Å²) in [5, 5.41) is 0. The van der Waals surface area contributed by atoms with Crippen LogP contribution >= 0.6 is 0 Å². The van der Waals surface area contributed by atoms with E-state index in [1.807, 2.05) is 0 Å². The van der Waals surface area contributed by atoms with Gasteiger partial charge in [0.2, 0.25) is 0 Å². The van der Waals surface area contributed by atoms with Crippen LogP contribution in [-0.2, 0) is 37.4 Å². The van der Waals surface area contributed by atoms with Crippen molar-refractivity contribution in [3.05, 3.63) is 23.5 Å². The van der Waals surface area contributed by atoms with E-state index in [1.165, 1.54) is 23.8 Å². The molecule has 2 rings (SSSR count). The van der Waals surface area contributed by atoms with E-state index >= 15 is 0 Å². The fourth-order valence-corrected chi connectivity index (χ4v) is 3.08. The first kappa shape index (κ1) is 24.5. The van der Waals surface area contributed by atoms with Gasteiger partial charge in [-0.2, -0.15) is 8.42 Å². The number of carbonyl (C=O) groups is 2. The van der Waals surface area contributed by atoms with Crippen molar-refractivity contribution in [2.75, 3.05) is 31.5 Å². The second kappa shape index (κ2) is 9.18. The lowest BCUT2D eigenvalue weighted by atomic mass is 10.1. The standard InChI is InChI=1S/C19H26FN3O7S/c1-19(2,3)30-18(25)23(8-7-20)14-10-12(17(24)28-5)9-13-16(14)21-15(22(13)4)11-29-31(6,26)27/h9-10H,7-8,11H2,1-6H3. The third-order valence-electron chi connectivity index (χ3n) is 4.10. The third-order valence-corrected chi connectivity index (χ3v) is 4.64. The highest BCUT2D eigenvalue weighted by Crippen LogP contribution is 2.31. The van der Waals surface area contributed by atoms with Crippen molar-refractivity contribution in [1.29, 1.82) is 0 Å². The Morgan fingerprint density at radius 2 is 1.90 bits per heavy atom. The highest BCUT2D eigenvalue weighted by atomic mass is 32.2. The molecular formula is C19H26FN3O7S. The Bertz CT molecular complexity index is 1090. The maximum atomic E-state index is 13.3. The fourth-order valence-electron chi connectivity index (χ4n) is 2.76. The maximum Gasteiger partial charge on any atom is 0.414 e. The quantitative estimate of drug-likeness (QED) is 0.458. The second-order valence-electron chi connectivity index (χ2n) is 7.73. The molecule has 12 heteroatoms. The largest absolute Gasteiger partial charge is 0.465 e. The third kappa shape index (κ3) is 6.14. The van der Waals surface area contributed by atoms with Crippen LogP contribution in [0, 0.1) is 0 Å². The summed E-state index contributed by atoms with van der Waals surface area (Å²) in [5.41, 5.74) is -0.00968. The van der Waals surface area contributed by atoms with Gasteiger partial charge < -0.3 is 14.0 Å². The molecule has 10 nitrogen and oxygen atoms in total. The van der Waals surface area contributed by atoms with E-state index in [0.717, 1.165) is 11.2 Å². The number of nitrogens with zero attached hydrogens (tertiary/aromatic N) is 3. The summed E-state index contributed by atoms with van der Waals surface area (Å²) < 4.78 is 52.5. The van der Waals surface area contributed by atoms with Crippen molar-refractivity contribution in [1.82, 2.24) is 9.55 Å². The summed E-state index contributed by atoms with van der Waals surface area (Å²) in [6.07, 6.45) is 0.0788. The van der Waals surface area contributed by atoms with Crippen LogP contribution in [0.2, 0.25) is 0 Å². The molecule has 172 valence electrons. The SMILES string of the molecule is COC(=O)c1cc(N(CCF)C(=O)OC(C)(C)C)c2nc(COS(C)(=O)=O)n(C)c2c1. The van der Waals surface area contributed by atoms with Crippen LogP contribution in [0.15, 0.2) is 12.1 Å². The summed E-state index contributed by atoms with van der Waals surface area (Å²) >= 11 is 0. The fraction of sp³-hybridized carbons (Fsp3) is 0.526. The lowest BCUT2D eigenvalue weighted by Crippen LogP contribution is -2.38. The summed E-state index contributed by atoms with van der Waals surface area (Å²) in [4.78, 5) is 30.4. The van der Waals surface area contributed by atoms with Crippen LogP contribution in [0.1, 0.15) is 37.0 Å². The van der Waals surface area contributed by atoms with Crippen molar-refractivity contribution >= 4 is 38.9 Å². The Hall–Kier alpha value is -2.73. The lowest BCUT2D eigenvalue weighted by Gasteiger charge is -2.27. The van der Waals surface area contributed by atoms with Crippen molar-refractivity contribution < 1.29 is 36.1 Å². The summed E-state index contributed by atoms with van der Waals surface area (Å²) in [6.45, 7) is 3.41. The highest BCUT2D eigenvalue weighted by molar-refractivity contribution is 7.85. The number of hydrogen-bond acceptors (Lipinski definition) is 8. The van der Waals surface area contributed by atoms with Gasteiger partial charge in [-0.25, -0.2) is 19.0 Å². The number of benzene rings is 1. The minimum atomic E-state index is -3.73. The number of methoxy groups -OCH3 is 1. The lowest BCUT2D eigenvalue weighted by molar-refractivity contribution is 0.0571. The molecule has 0 aliphatic carbocycles. The molecule has 0 aliphatic rings.